The normalized spacial score (nSPS) is 15.2. The highest BCUT2D eigenvalue weighted by Gasteiger charge is 2.33. The zero-order valence-electron chi connectivity index (χ0n) is 19.0. The van der Waals surface area contributed by atoms with Crippen molar-refractivity contribution in [3.63, 3.8) is 0 Å². The summed E-state index contributed by atoms with van der Waals surface area (Å²) in [5.41, 5.74) is 2.93. The third-order valence-electron chi connectivity index (χ3n) is 6.20. The molecule has 0 aliphatic carbocycles. The summed E-state index contributed by atoms with van der Waals surface area (Å²) in [6.45, 7) is 1.83. The highest BCUT2D eigenvalue weighted by molar-refractivity contribution is 9.10. The van der Waals surface area contributed by atoms with Gasteiger partial charge in [0.15, 0.2) is 0 Å². The Hall–Kier alpha value is -2.48. The van der Waals surface area contributed by atoms with Crippen LogP contribution in [0.15, 0.2) is 89.4 Å². The third-order valence-corrected chi connectivity index (χ3v) is 8.58. The minimum absolute atomic E-state index is 0.0208. The molecule has 0 atom stereocenters. The van der Waals surface area contributed by atoms with Crippen LogP contribution in [-0.4, -0.2) is 36.6 Å². The van der Waals surface area contributed by atoms with E-state index in [4.69, 9.17) is 0 Å². The Labute approximate surface area is 210 Å². The first-order valence-corrected chi connectivity index (χ1v) is 13.9. The average Bonchev–Trinajstić information content (AvgIpc) is 2.86. The smallest absolute Gasteiger partial charge is 0.226 e. The first-order valence-electron chi connectivity index (χ1n) is 11.5. The number of hydrogen-bond acceptors (Lipinski definition) is 3. The van der Waals surface area contributed by atoms with Gasteiger partial charge in [0, 0.05) is 36.6 Å². The molecule has 4 rings (SSSR count). The zero-order chi connectivity index (χ0) is 24.0. The number of carbonyl (C=O) groups is 1. The van der Waals surface area contributed by atoms with Crippen LogP contribution in [0.25, 0.3) is 0 Å². The molecule has 0 spiro atoms. The topological polar surface area (TPSA) is 57.7 Å². The summed E-state index contributed by atoms with van der Waals surface area (Å²) in [6, 6.07) is 27.3. The van der Waals surface area contributed by atoms with E-state index in [1.807, 2.05) is 89.8 Å². The van der Waals surface area contributed by atoms with Crippen LogP contribution in [0.4, 0.5) is 0 Å². The van der Waals surface area contributed by atoms with Gasteiger partial charge in [0.05, 0.1) is 5.75 Å². The first kappa shape index (κ1) is 24.6. The Morgan fingerprint density at radius 1 is 0.794 bits per heavy atom. The number of nitrogens with zero attached hydrogens (tertiary/aromatic N) is 2. The van der Waals surface area contributed by atoms with Crippen LogP contribution in [0.5, 0.6) is 0 Å². The molecule has 1 fully saturated rings. The molecule has 7 heteroatoms. The summed E-state index contributed by atoms with van der Waals surface area (Å²) in [7, 11) is -3.42. The minimum Gasteiger partial charge on any atom is -0.334 e. The lowest BCUT2D eigenvalue weighted by Crippen LogP contribution is -2.44. The fraction of sp³-hybridized carbons (Fsp3) is 0.296. The SMILES string of the molecule is O=C(C1CCN(S(=O)(=O)Cc2ccc(Br)cc2)CC1)N(Cc1ccccc1)Cc1ccccc1. The molecule has 5 nitrogen and oxygen atoms in total. The highest BCUT2D eigenvalue weighted by atomic mass is 79.9. The first-order chi connectivity index (χ1) is 16.4. The molecule has 1 saturated heterocycles. The number of piperidine rings is 1. The van der Waals surface area contributed by atoms with E-state index < -0.39 is 10.0 Å². The Kier molecular flexibility index (Phi) is 8.19. The van der Waals surface area contributed by atoms with E-state index in [2.05, 4.69) is 15.9 Å². The summed E-state index contributed by atoms with van der Waals surface area (Å²) < 4.78 is 28.4. The lowest BCUT2D eigenvalue weighted by Gasteiger charge is -2.34. The second-order valence-electron chi connectivity index (χ2n) is 8.72. The molecule has 3 aromatic carbocycles. The molecule has 0 N–H and O–H groups in total. The number of sulfonamides is 1. The second kappa shape index (κ2) is 11.3. The summed E-state index contributed by atoms with van der Waals surface area (Å²) in [6.07, 6.45) is 1.08. The van der Waals surface area contributed by atoms with Crippen molar-refractivity contribution in [3.05, 3.63) is 106 Å². The van der Waals surface area contributed by atoms with Crippen LogP contribution in [0.3, 0.4) is 0 Å². The molecule has 1 heterocycles. The van der Waals surface area contributed by atoms with Gasteiger partial charge in [-0.2, -0.15) is 0 Å². The largest absolute Gasteiger partial charge is 0.334 e. The van der Waals surface area contributed by atoms with Crippen LogP contribution in [0, 0.1) is 5.92 Å². The molecule has 1 aliphatic heterocycles. The lowest BCUT2D eigenvalue weighted by atomic mass is 9.96. The minimum atomic E-state index is -3.42. The van der Waals surface area contributed by atoms with E-state index in [1.165, 1.54) is 4.31 Å². The number of amides is 1. The van der Waals surface area contributed by atoms with E-state index in [1.54, 1.807) is 0 Å². The van der Waals surface area contributed by atoms with Crippen molar-refractivity contribution in [2.24, 2.45) is 5.92 Å². The van der Waals surface area contributed by atoms with Crippen molar-refractivity contribution >= 4 is 31.9 Å². The maximum Gasteiger partial charge on any atom is 0.226 e. The van der Waals surface area contributed by atoms with E-state index in [0.717, 1.165) is 21.2 Å². The summed E-state index contributed by atoms with van der Waals surface area (Å²) in [4.78, 5) is 15.4. The fourth-order valence-corrected chi connectivity index (χ4v) is 6.17. The van der Waals surface area contributed by atoms with Gasteiger partial charge in [-0.05, 0) is 41.7 Å². The van der Waals surface area contributed by atoms with Crippen molar-refractivity contribution in [2.75, 3.05) is 13.1 Å². The Morgan fingerprint density at radius 3 is 1.79 bits per heavy atom. The van der Waals surface area contributed by atoms with Crippen molar-refractivity contribution in [1.82, 2.24) is 9.21 Å². The average molecular weight is 542 g/mol. The number of rotatable bonds is 8. The summed E-state index contributed by atoms with van der Waals surface area (Å²) in [5, 5.41) is 0. The van der Waals surface area contributed by atoms with Crippen LogP contribution in [-0.2, 0) is 33.7 Å². The lowest BCUT2D eigenvalue weighted by molar-refractivity contribution is -0.138. The van der Waals surface area contributed by atoms with Gasteiger partial charge in [-0.25, -0.2) is 12.7 Å². The molecule has 0 aromatic heterocycles. The van der Waals surface area contributed by atoms with Gasteiger partial charge in [-0.15, -0.1) is 0 Å². The van der Waals surface area contributed by atoms with Gasteiger partial charge >= 0.3 is 0 Å². The van der Waals surface area contributed by atoms with Gasteiger partial charge < -0.3 is 4.90 Å². The second-order valence-corrected chi connectivity index (χ2v) is 11.6. The Morgan fingerprint density at radius 2 is 1.29 bits per heavy atom. The maximum absolute atomic E-state index is 13.5. The zero-order valence-corrected chi connectivity index (χ0v) is 21.4. The molecule has 1 amide bonds. The monoisotopic (exact) mass is 540 g/mol. The van der Waals surface area contributed by atoms with Gasteiger partial charge in [0.1, 0.15) is 0 Å². The molecule has 34 heavy (non-hydrogen) atoms. The quantitative estimate of drug-likeness (QED) is 0.393. The predicted molar refractivity (Wildman–Crippen MR) is 138 cm³/mol. The number of hydrogen-bond donors (Lipinski definition) is 0. The molecule has 0 radical (unpaired) electrons. The molecule has 178 valence electrons. The van der Waals surface area contributed by atoms with Crippen LogP contribution >= 0.6 is 15.9 Å². The van der Waals surface area contributed by atoms with E-state index in [0.29, 0.717) is 39.0 Å². The fourth-order valence-electron chi connectivity index (χ4n) is 4.34. The number of halogens is 1. The molecule has 0 saturated carbocycles. The van der Waals surface area contributed by atoms with E-state index in [-0.39, 0.29) is 17.6 Å². The van der Waals surface area contributed by atoms with Crippen molar-refractivity contribution in [2.45, 2.75) is 31.7 Å². The summed E-state index contributed by atoms with van der Waals surface area (Å²) >= 11 is 3.38. The molecule has 1 aliphatic rings. The maximum atomic E-state index is 13.5. The highest BCUT2D eigenvalue weighted by Crippen LogP contribution is 2.25. The molecule has 3 aromatic rings. The van der Waals surface area contributed by atoms with Crippen molar-refractivity contribution in [3.8, 4) is 0 Å². The standard InChI is InChI=1S/C27H29BrN2O3S/c28-26-13-11-24(12-14-26)21-34(32,33)30-17-15-25(16-18-30)27(31)29(19-22-7-3-1-4-8-22)20-23-9-5-2-6-10-23/h1-14,25H,15-21H2. The van der Waals surface area contributed by atoms with E-state index in [9.17, 15) is 13.2 Å². The molecular weight excluding hydrogens is 512 g/mol. The Balaban J connectivity index is 1.41. The van der Waals surface area contributed by atoms with E-state index >= 15 is 0 Å². The molecular formula is C27H29BrN2O3S. The molecule has 0 unspecified atom stereocenters. The summed E-state index contributed by atoms with van der Waals surface area (Å²) in [5.74, 6) is -0.100. The van der Waals surface area contributed by atoms with Crippen LogP contribution in [0.2, 0.25) is 0 Å². The molecule has 0 bridgehead atoms. The van der Waals surface area contributed by atoms with Gasteiger partial charge in [-0.3, -0.25) is 4.79 Å². The third kappa shape index (κ3) is 6.56. The van der Waals surface area contributed by atoms with Gasteiger partial charge in [0.25, 0.3) is 0 Å². The number of benzene rings is 3. The van der Waals surface area contributed by atoms with Gasteiger partial charge in [-0.1, -0.05) is 88.7 Å². The van der Waals surface area contributed by atoms with Crippen molar-refractivity contribution < 1.29 is 13.2 Å². The van der Waals surface area contributed by atoms with Crippen LogP contribution in [0.1, 0.15) is 29.5 Å². The Bertz CT molecular complexity index is 1140. The predicted octanol–water partition coefficient (Wildman–Crippen LogP) is 5.22. The van der Waals surface area contributed by atoms with Gasteiger partial charge in [0.2, 0.25) is 15.9 Å². The van der Waals surface area contributed by atoms with Crippen LogP contribution < -0.4 is 0 Å². The van der Waals surface area contributed by atoms with Crippen molar-refractivity contribution in [1.29, 1.82) is 0 Å². The number of carbonyl (C=O) groups excluding carboxylic acids is 1.